The monoisotopic (exact) mass is 287 g/mol. The molecule has 2 heterocycles. The molecule has 114 valence electrons. The van der Waals surface area contributed by atoms with Crippen LogP contribution in [-0.4, -0.2) is 26.7 Å². The SMILES string of the molecule is CC(C)(C)c1cc2c(NC3CC(N)C3(C)C)nccn2n1. The van der Waals surface area contributed by atoms with Crippen LogP contribution in [-0.2, 0) is 5.41 Å². The summed E-state index contributed by atoms with van der Waals surface area (Å²) in [6.07, 6.45) is 4.67. The van der Waals surface area contributed by atoms with Crippen LogP contribution in [0.3, 0.4) is 0 Å². The summed E-state index contributed by atoms with van der Waals surface area (Å²) in [7, 11) is 0. The van der Waals surface area contributed by atoms with E-state index >= 15 is 0 Å². The summed E-state index contributed by atoms with van der Waals surface area (Å²) < 4.78 is 1.90. The molecule has 0 aliphatic heterocycles. The first kappa shape index (κ1) is 14.3. The molecule has 1 aliphatic rings. The Bertz CT molecular complexity index is 665. The fourth-order valence-electron chi connectivity index (χ4n) is 2.77. The van der Waals surface area contributed by atoms with Crippen LogP contribution in [0.1, 0.15) is 46.7 Å². The van der Waals surface area contributed by atoms with Gasteiger partial charge in [0.25, 0.3) is 0 Å². The first-order valence-corrected chi connectivity index (χ1v) is 7.56. The van der Waals surface area contributed by atoms with Crippen LogP contribution < -0.4 is 11.1 Å². The van der Waals surface area contributed by atoms with Crippen molar-refractivity contribution in [3.05, 3.63) is 24.2 Å². The van der Waals surface area contributed by atoms with Gasteiger partial charge in [-0.2, -0.15) is 5.10 Å². The van der Waals surface area contributed by atoms with Crippen molar-refractivity contribution in [1.29, 1.82) is 0 Å². The molecule has 0 spiro atoms. The van der Waals surface area contributed by atoms with Crippen molar-refractivity contribution in [2.24, 2.45) is 11.1 Å². The van der Waals surface area contributed by atoms with Crippen molar-refractivity contribution in [3.63, 3.8) is 0 Å². The van der Waals surface area contributed by atoms with Crippen LogP contribution in [0.25, 0.3) is 5.52 Å². The number of nitrogens with two attached hydrogens (primary N) is 1. The highest BCUT2D eigenvalue weighted by atomic mass is 15.2. The minimum Gasteiger partial charge on any atom is -0.365 e. The number of fused-ring (bicyclic) bond motifs is 1. The summed E-state index contributed by atoms with van der Waals surface area (Å²) in [5.74, 6) is 0.894. The predicted octanol–water partition coefficient (Wildman–Crippen LogP) is 2.56. The average Bonchev–Trinajstić information content (AvgIpc) is 2.83. The summed E-state index contributed by atoms with van der Waals surface area (Å²) >= 11 is 0. The highest BCUT2D eigenvalue weighted by Gasteiger charge is 2.46. The maximum Gasteiger partial charge on any atom is 0.152 e. The van der Waals surface area contributed by atoms with Crippen LogP contribution in [0, 0.1) is 5.41 Å². The molecule has 0 amide bonds. The van der Waals surface area contributed by atoms with Gasteiger partial charge in [0.1, 0.15) is 5.52 Å². The van der Waals surface area contributed by atoms with Crippen molar-refractivity contribution in [2.45, 2.75) is 58.5 Å². The third-order valence-corrected chi connectivity index (χ3v) is 4.81. The molecule has 3 N–H and O–H groups in total. The van der Waals surface area contributed by atoms with Gasteiger partial charge in [0, 0.05) is 35.3 Å². The predicted molar refractivity (Wildman–Crippen MR) is 85.5 cm³/mol. The van der Waals surface area contributed by atoms with E-state index in [0.717, 1.165) is 23.4 Å². The van der Waals surface area contributed by atoms with E-state index in [1.54, 1.807) is 6.20 Å². The van der Waals surface area contributed by atoms with E-state index in [2.05, 4.69) is 56.1 Å². The second-order valence-corrected chi connectivity index (χ2v) is 7.75. The molecule has 2 atom stereocenters. The van der Waals surface area contributed by atoms with E-state index in [1.807, 2.05) is 10.7 Å². The van der Waals surface area contributed by atoms with Gasteiger partial charge in [-0.1, -0.05) is 34.6 Å². The van der Waals surface area contributed by atoms with Crippen molar-refractivity contribution in [2.75, 3.05) is 5.32 Å². The molecule has 2 aromatic rings. The summed E-state index contributed by atoms with van der Waals surface area (Å²) in [6.45, 7) is 10.9. The van der Waals surface area contributed by atoms with E-state index in [4.69, 9.17) is 5.73 Å². The van der Waals surface area contributed by atoms with Gasteiger partial charge in [-0.15, -0.1) is 0 Å². The standard InChI is InChI=1S/C16H25N5/c1-15(2,3)12-8-10-14(18-6-7-21(10)20-12)19-13-9-11(17)16(13,4)5/h6-8,11,13H,9,17H2,1-5H3,(H,18,19). The molecule has 1 aliphatic carbocycles. The molecule has 0 aromatic carbocycles. The van der Waals surface area contributed by atoms with Gasteiger partial charge in [-0.25, -0.2) is 9.50 Å². The third-order valence-electron chi connectivity index (χ3n) is 4.81. The topological polar surface area (TPSA) is 68.2 Å². The molecular weight excluding hydrogens is 262 g/mol. The Balaban J connectivity index is 1.95. The van der Waals surface area contributed by atoms with E-state index in [0.29, 0.717) is 6.04 Å². The van der Waals surface area contributed by atoms with Crippen molar-refractivity contribution in [3.8, 4) is 0 Å². The Hall–Kier alpha value is -1.62. The number of hydrogen-bond donors (Lipinski definition) is 2. The fraction of sp³-hybridized carbons (Fsp3) is 0.625. The van der Waals surface area contributed by atoms with Crippen molar-refractivity contribution < 1.29 is 0 Å². The number of nitrogens with zero attached hydrogens (tertiary/aromatic N) is 3. The molecule has 5 nitrogen and oxygen atoms in total. The zero-order valence-electron chi connectivity index (χ0n) is 13.5. The smallest absolute Gasteiger partial charge is 0.152 e. The number of rotatable bonds is 2. The zero-order valence-corrected chi connectivity index (χ0v) is 13.5. The molecule has 0 radical (unpaired) electrons. The zero-order chi connectivity index (χ0) is 15.4. The molecule has 2 aromatic heterocycles. The molecule has 0 saturated heterocycles. The minimum atomic E-state index is 0.0292. The van der Waals surface area contributed by atoms with Crippen LogP contribution in [0.15, 0.2) is 18.5 Å². The summed E-state index contributed by atoms with van der Waals surface area (Å²) in [4.78, 5) is 4.50. The van der Waals surface area contributed by atoms with Gasteiger partial charge in [-0.3, -0.25) is 0 Å². The molecule has 2 unspecified atom stereocenters. The van der Waals surface area contributed by atoms with Gasteiger partial charge in [0.2, 0.25) is 0 Å². The first-order valence-electron chi connectivity index (χ1n) is 7.56. The Labute approximate surface area is 125 Å². The minimum absolute atomic E-state index is 0.0292. The van der Waals surface area contributed by atoms with Crippen LogP contribution in [0.5, 0.6) is 0 Å². The Morgan fingerprint density at radius 1 is 1.38 bits per heavy atom. The van der Waals surface area contributed by atoms with Gasteiger partial charge in [-0.05, 0) is 12.5 Å². The van der Waals surface area contributed by atoms with Crippen LogP contribution in [0.4, 0.5) is 5.82 Å². The number of aromatic nitrogens is 3. The van der Waals surface area contributed by atoms with E-state index in [9.17, 15) is 0 Å². The summed E-state index contributed by atoms with van der Waals surface area (Å²) in [5.41, 5.74) is 8.32. The number of anilines is 1. The van der Waals surface area contributed by atoms with Gasteiger partial charge < -0.3 is 11.1 Å². The summed E-state index contributed by atoms with van der Waals surface area (Å²) in [5, 5.41) is 8.21. The molecule has 3 rings (SSSR count). The molecule has 1 saturated carbocycles. The van der Waals surface area contributed by atoms with Gasteiger partial charge in [0.15, 0.2) is 5.82 Å². The lowest BCUT2D eigenvalue weighted by atomic mass is 9.63. The largest absolute Gasteiger partial charge is 0.365 e. The Kier molecular flexibility index (Phi) is 3.03. The van der Waals surface area contributed by atoms with E-state index < -0.39 is 0 Å². The molecule has 1 fully saturated rings. The Morgan fingerprint density at radius 2 is 2.10 bits per heavy atom. The maximum absolute atomic E-state index is 6.10. The second kappa shape index (κ2) is 4.44. The number of nitrogens with one attached hydrogen (secondary N) is 1. The highest BCUT2D eigenvalue weighted by Crippen LogP contribution is 2.41. The molecule has 0 bridgehead atoms. The highest BCUT2D eigenvalue weighted by molar-refractivity contribution is 5.68. The third kappa shape index (κ3) is 2.29. The fourth-order valence-corrected chi connectivity index (χ4v) is 2.77. The van der Waals surface area contributed by atoms with Crippen LogP contribution >= 0.6 is 0 Å². The lowest BCUT2D eigenvalue weighted by Crippen LogP contribution is -2.61. The quantitative estimate of drug-likeness (QED) is 0.890. The molecular formula is C16H25N5. The van der Waals surface area contributed by atoms with E-state index in [-0.39, 0.29) is 16.9 Å². The molecule has 5 heteroatoms. The number of hydrogen-bond acceptors (Lipinski definition) is 4. The lowest BCUT2D eigenvalue weighted by Gasteiger charge is -2.50. The van der Waals surface area contributed by atoms with Gasteiger partial charge in [0.05, 0.1) is 5.69 Å². The van der Waals surface area contributed by atoms with Crippen molar-refractivity contribution >= 4 is 11.3 Å². The normalized spacial score (nSPS) is 24.9. The van der Waals surface area contributed by atoms with Crippen LogP contribution in [0.2, 0.25) is 0 Å². The average molecular weight is 287 g/mol. The summed E-state index contributed by atoms with van der Waals surface area (Å²) in [6, 6.07) is 2.74. The second-order valence-electron chi connectivity index (χ2n) is 7.75. The maximum atomic E-state index is 6.10. The van der Waals surface area contributed by atoms with Gasteiger partial charge >= 0.3 is 0 Å². The van der Waals surface area contributed by atoms with Crippen molar-refractivity contribution in [1.82, 2.24) is 14.6 Å². The van der Waals surface area contributed by atoms with E-state index in [1.165, 1.54) is 0 Å². The molecule has 21 heavy (non-hydrogen) atoms. The first-order chi connectivity index (χ1) is 9.69. The Morgan fingerprint density at radius 3 is 2.67 bits per heavy atom. The lowest BCUT2D eigenvalue weighted by molar-refractivity contribution is 0.117.